The van der Waals surface area contributed by atoms with Crippen LogP contribution in [0.25, 0.3) is 22.0 Å². The smallest absolute Gasteiger partial charge is 0.251 e. The summed E-state index contributed by atoms with van der Waals surface area (Å²) in [7, 11) is 0. The highest BCUT2D eigenvalue weighted by atomic mass is 19.1. The first-order valence-corrected chi connectivity index (χ1v) is 8.34. The van der Waals surface area contributed by atoms with Crippen LogP contribution in [0.4, 0.5) is 4.39 Å². The molecule has 0 bridgehead atoms. The lowest BCUT2D eigenvalue weighted by Gasteiger charge is -2.07. The fraction of sp³-hybridized carbons (Fsp3) is 0.105. The minimum atomic E-state index is -0.305. The van der Waals surface area contributed by atoms with Crippen molar-refractivity contribution in [3.8, 4) is 11.1 Å². The highest BCUT2D eigenvalue weighted by Gasteiger charge is 2.08. The van der Waals surface area contributed by atoms with Gasteiger partial charge in [-0.3, -0.25) is 9.78 Å². The number of amides is 1. The Morgan fingerprint density at radius 3 is 2.74 bits per heavy atom. The van der Waals surface area contributed by atoms with Gasteiger partial charge in [0.25, 0.3) is 5.91 Å². The van der Waals surface area contributed by atoms with E-state index in [4.69, 9.17) is 0 Å². The van der Waals surface area contributed by atoms with Crippen LogP contribution in [-0.2, 0) is 6.54 Å². The summed E-state index contributed by atoms with van der Waals surface area (Å²) in [4.78, 5) is 16.5. The Morgan fingerprint density at radius 1 is 1.11 bits per heavy atom. The van der Waals surface area contributed by atoms with Crippen molar-refractivity contribution in [2.24, 2.45) is 0 Å². The van der Waals surface area contributed by atoms with Crippen LogP contribution < -0.4 is 5.32 Å². The fourth-order valence-corrected chi connectivity index (χ4v) is 2.75. The van der Waals surface area contributed by atoms with Crippen LogP contribution in [0.1, 0.15) is 10.4 Å². The molecule has 134 valence electrons. The van der Waals surface area contributed by atoms with E-state index in [1.54, 1.807) is 36.5 Å². The van der Waals surface area contributed by atoms with E-state index < -0.39 is 0 Å². The molecule has 7 nitrogen and oxygen atoms in total. The van der Waals surface area contributed by atoms with E-state index in [0.29, 0.717) is 29.6 Å². The number of pyridine rings is 1. The number of nitrogens with one attached hydrogen (secondary N) is 1. The summed E-state index contributed by atoms with van der Waals surface area (Å²) in [6, 6.07) is 13.7. The molecular weight excluding hydrogens is 347 g/mol. The summed E-state index contributed by atoms with van der Waals surface area (Å²) in [6.45, 7) is 0.907. The van der Waals surface area contributed by atoms with Gasteiger partial charge < -0.3 is 5.32 Å². The quantitative estimate of drug-likeness (QED) is 0.589. The first-order chi connectivity index (χ1) is 13.2. The van der Waals surface area contributed by atoms with Gasteiger partial charge in [-0.05, 0) is 46.3 Å². The van der Waals surface area contributed by atoms with Gasteiger partial charge in [0, 0.05) is 29.3 Å². The average molecular weight is 362 g/mol. The molecule has 0 spiro atoms. The molecule has 2 aromatic heterocycles. The third-order valence-corrected chi connectivity index (χ3v) is 4.17. The molecule has 27 heavy (non-hydrogen) atoms. The number of nitrogens with zero attached hydrogens (tertiary/aromatic N) is 5. The molecule has 4 rings (SSSR count). The Hall–Kier alpha value is -3.68. The van der Waals surface area contributed by atoms with Crippen molar-refractivity contribution in [3.05, 3.63) is 72.4 Å². The zero-order valence-corrected chi connectivity index (χ0v) is 14.2. The molecule has 2 aromatic carbocycles. The number of halogens is 1. The number of aromatic nitrogens is 5. The topological polar surface area (TPSA) is 85.6 Å². The molecule has 0 fully saturated rings. The molecule has 0 saturated carbocycles. The molecule has 0 atom stereocenters. The molecule has 0 aliphatic rings. The summed E-state index contributed by atoms with van der Waals surface area (Å²) in [6.07, 6.45) is 3.18. The molecule has 2 heterocycles. The number of carbonyl (C=O) groups excluding carboxylic acids is 1. The molecular formula is C19H15FN6O. The Balaban J connectivity index is 1.47. The van der Waals surface area contributed by atoms with Crippen molar-refractivity contribution in [1.29, 1.82) is 0 Å². The van der Waals surface area contributed by atoms with Crippen LogP contribution in [-0.4, -0.2) is 37.6 Å². The molecule has 8 heteroatoms. The van der Waals surface area contributed by atoms with Crippen LogP contribution in [0.5, 0.6) is 0 Å². The second kappa shape index (κ2) is 7.28. The highest BCUT2D eigenvalue weighted by Crippen LogP contribution is 2.24. The summed E-state index contributed by atoms with van der Waals surface area (Å²) < 4.78 is 15.5. The fourth-order valence-electron chi connectivity index (χ4n) is 2.75. The number of fused-ring (bicyclic) bond motifs is 1. The zero-order chi connectivity index (χ0) is 18.6. The molecule has 0 aliphatic carbocycles. The van der Waals surface area contributed by atoms with Gasteiger partial charge in [-0.25, -0.2) is 9.07 Å². The minimum absolute atomic E-state index is 0.183. The molecule has 1 N–H and O–H groups in total. The van der Waals surface area contributed by atoms with Gasteiger partial charge in [0.15, 0.2) is 0 Å². The Bertz CT molecular complexity index is 1080. The second-order valence-electron chi connectivity index (χ2n) is 5.94. The van der Waals surface area contributed by atoms with Crippen molar-refractivity contribution in [2.45, 2.75) is 6.54 Å². The Labute approximate surface area is 153 Å². The van der Waals surface area contributed by atoms with Gasteiger partial charge in [-0.15, -0.1) is 5.10 Å². The summed E-state index contributed by atoms with van der Waals surface area (Å²) in [5.74, 6) is -0.488. The maximum Gasteiger partial charge on any atom is 0.251 e. The number of hydrogen-bond donors (Lipinski definition) is 1. The van der Waals surface area contributed by atoms with Crippen LogP contribution in [0.2, 0.25) is 0 Å². The molecule has 0 saturated heterocycles. The maximum absolute atomic E-state index is 14.0. The highest BCUT2D eigenvalue weighted by molar-refractivity contribution is 5.94. The molecule has 0 aliphatic heterocycles. The van der Waals surface area contributed by atoms with E-state index in [0.717, 1.165) is 11.1 Å². The summed E-state index contributed by atoms with van der Waals surface area (Å²) >= 11 is 0. The van der Waals surface area contributed by atoms with Crippen LogP contribution in [0.3, 0.4) is 0 Å². The third-order valence-electron chi connectivity index (χ3n) is 4.17. The Kier molecular flexibility index (Phi) is 4.52. The van der Waals surface area contributed by atoms with E-state index in [1.165, 1.54) is 17.1 Å². The van der Waals surface area contributed by atoms with Crippen molar-refractivity contribution < 1.29 is 9.18 Å². The van der Waals surface area contributed by atoms with Gasteiger partial charge in [0.2, 0.25) is 0 Å². The van der Waals surface area contributed by atoms with E-state index in [2.05, 4.69) is 25.8 Å². The van der Waals surface area contributed by atoms with E-state index in [9.17, 15) is 9.18 Å². The molecule has 0 unspecified atom stereocenters. The van der Waals surface area contributed by atoms with E-state index in [1.807, 2.05) is 12.1 Å². The van der Waals surface area contributed by atoms with Gasteiger partial charge in [0.1, 0.15) is 12.1 Å². The number of carbonyl (C=O) groups is 1. The number of rotatable bonds is 5. The predicted octanol–water partition coefficient (Wildman–Crippen LogP) is 2.46. The second-order valence-corrected chi connectivity index (χ2v) is 5.94. The van der Waals surface area contributed by atoms with Gasteiger partial charge in [-0.1, -0.05) is 18.2 Å². The maximum atomic E-state index is 14.0. The van der Waals surface area contributed by atoms with Crippen molar-refractivity contribution >= 4 is 16.8 Å². The molecule has 4 aromatic rings. The normalized spacial score (nSPS) is 10.9. The SMILES string of the molecule is O=C(NCCn1cnnn1)c1ccc(-c2cnc3cccc(F)c3c2)cc1. The lowest BCUT2D eigenvalue weighted by atomic mass is 10.0. The first-order valence-electron chi connectivity index (χ1n) is 8.34. The standard InChI is InChI=1S/C19H15FN6O/c20-17-2-1-3-18-16(17)10-15(11-22-18)13-4-6-14(7-5-13)19(27)21-8-9-26-12-23-24-25-26/h1-7,10-12H,8-9H2,(H,21,27). The van der Waals surface area contributed by atoms with Crippen LogP contribution in [0, 0.1) is 5.82 Å². The zero-order valence-electron chi connectivity index (χ0n) is 14.2. The lowest BCUT2D eigenvalue weighted by Crippen LogP contribution is -2.27. The monoisotopic (exact) mass is 362 g/mol. The number of benzene rings is 2. The minimum Gasteiger partial charge on any atom is -0.350 e. The average Bonchev–Trinajstić information content (AvgIpc) is 3.22. The van der Waals surface area contributed by atoms with Crippen molar-refractivity contribution in [3.63, 3.8) is 0 Å². The first kappa shape index (κ1) is 16.8. The van der Waals surface area contributed by atoms with Gasteiger partial charge >= 0.3 is 0 Å². The largest absolute Gasteiger partial charge is 0.350 e. The van der Waals surface area contributed by atoms with E-state index in [-0.39, 0.29) is 11.7 Å². The van der Waals surface area contributed by atoms with Gasteiger partial charge in [-0.2, -0.15) is 0 Å². The van der Waals surface area contributed by atoms with Crippen molar-refractivity contribution in [2.75, 3.05) is 6.54 Å². The van der Waals surface area contributed by atoms with E-state index >= 15 is 0 Å². The third kappa shape index (κ3) is 3.64. The van der Waals surface area contributed by atoms with Crippen LogP contribution >= 0.6 is 0 Å². The summed E-state index contributed by atoms with van der Waals surface area (Å²) in [5, 5.41) is 14.1. The Morgan fingerprint density at radius 2 is 1.96 bits per heavy atom. The van der Waals surface area contributed by atoms with Crippen LogP contribution in [0.15, 0.2) is 61.1 Å². The number of tetrazole rings is 1. The lowest BCUT2D eigenvalue weighted by molar-refractivity contribution is 0.0952. The summed E-state index contributed by atoms with van der Waals surface area (Å²) in [5.41, 5.74) is 2.80. The molecule has 1 amide bonds. The van der Waals surface area contributed by atoms with Gasteiger partial charge in [0.05, 0.1) is 12.1 Å². The predicted molar refractivity (Wildman–Crippen MR) is 97.3 cm³/mol. The molecule has 0 radical (unpaired) electrons. The van der Waals surface area contributed by atoms with Crippen molar-refractivity contribution in [1.82, 2.24) is 30.5 Å². The number of hydrogen-bond acceptors (Lipinski definition) is 5.